The van der Waals surface area contributed by atoms with Crippen molar-refractivity contribution in [2.45, 2.75) is 45.7 Å². The molecule has 0 radical (unpaired) electrons. The lowest BCUT2D eigenvalue weighted by molar-refractivity contribution is -0.126. The molecule has 1 aromatic rings. The summed E-state index contributed by atoms with van der Waals surface area (Å²) in [4.78, 5) is 14.9. The highest BCUT2D eigenvalue weighted by Gasteiger charge is 2.26. The zero-order chi connectivity index (χ0) is 15.9. The SMILES string of the molecule is CCN(CC)C(CNC(=O)[C@H]1CCN[C@@H](C)C1)c1ccsc1. The van der Waals surface area contributed by atoms with Gasteiger partial charge in [-0.2, -0.15) is 11.3 Å². The van der Waals surface area contributed by atoms with Gasteiger partial charge in [0.1, 0.15) is 0 Å². The first-order chi connectivity index (χ1) is 10.7. The number of carbonyl (C=O) groups excluding carboxylic acids is 1. The Morgan fingerprint density at radius 1 is 1.50 bits per heavy atom. The van der Waals surface area contributed by atoms with Gasteiger partial charge in [-0.3, -0.25) is 9.69 Å². The second kappa shape index (κ2) is 8.65. The maximum absolute atomic E-state index is 12.5. The summed E-state index contributed by atoms with van der Waals surface area (Å²) < 4.78 is 0. The summed E-state index contributed by atoms with van der Waals surface area (Å²) in [6.07, 6.45) is 1.89. The van der Waals surface area contributed by atoms with Crippen molar-refractivity contribution in [1.29, 1.82) is 0 Å². The van der Waals surface area contributed by atoms with Crippen LogP contribution in [0.3, 0.4) is 0 Å². The van der Waals surface area contributed by atoms with Crippen molar-refractivity contribution in [3.05, 3.63) is 22.4 Å². The van der Waals surface area contributed by atoms with Crippen molar-refractivity contribution >= 4 is 17.2 Å². The standard InChI is InChI=1S/C17H29N3OS/c1-4-20(5-2)16(15-7-9-22-12-15)11-19-17(21)14-6-8-18-13(3)10-14/h7,9,12-14,16,18H,4-6,8,10-11H2,1-3H3,(H,19,21)/t13-,14-,16?/m0/s1. The van der Waals surface area contributed by atoms with E-state index in [2.05, 4.69) is 53.1 Å². The first kappa shape index (κ1) is 17.4. The predicted molar refractivity (Wildman–Crippen MR) is 93.2 cm³/mol. The lowest BCUT2D eigenvalue weighted by Gasteiger charge is -2.31. The van der Waals surface area contributed by atoms with Gasteiger partial charge in [-0.25, -0.2) is 0 Å². The van der Waals surface area contributed by atoms with E-state index in [0.717, 1.165) is 32.5 Å². The third kappa shape index (κ3) is 4.54. The summed E-state index contributed by atoms with van der Waals surface area (Å²) >= 11 is 1.72. The molecule has 0 aliphatic carbocycles. The molecule has 2 rings (SSSR count). The average molecular weight is 324 g/mol. The molecule has 22 heavy (non-hydrogen) atoms. The molecule has 1 amide bonds. The average Bonchev–Trinajstić information content (AvgIpc) is 3.05. The quantitative estimate of drug-likeness (QED) is 0.811. The zero-order valence-electron chi connectivity index (χ0n) is 14.0. The second-order valence-corrected chi connectivity index (χ2v) is 6.90. The van der Waals surface area contributed by atoms with Gasteiger partial charge in [0, 0.05) is 18.5 Å². The Hall–Kier alpha value is -0.910. The molecular formula is C17H29N3OS. The minimum Gasteiger partial charge on any atom is -0.354 e. The number of hydrogen-bond donors (Lipinski definition) is 2. The number of thiophene rings is 1. The van der Waals surface area contributed by atoms with Crippen LogP contribution in [0.25, 0.3) is 0 Å². The largest absolute Gasteiger partial charge is 0.354 e. The topological polar surface area (TPSA) is 44.4 Å². The van der Waals surface area contributed by atoms with Crippen LogP contribution < -0.4 is 10.6 Å². The lowest BCUT2D eigenvalue weighted by atomic mass is 9.92. The van der Waals surface area contributed by atoms with E-state index in [1.165, 1.54) is 5.56 Å². The number of hydrogen-bond acceptors (Lipinski definition) is 4. The number of amides is 1. The van der Waals surface area contributed by atoms with Crippen LogP contribution in [0.15, 0.2) is 16.8 Å². The van der Waals surface area contributed by atoms with Crippen LogP contribution in [-0.4, -0.2) is 43.0 Å². The summed E-state index contributed by atoms with van der Waals surface area (Å²) in [7, 11) is 0. The van der Waals surface area contributed by atoms with E-state index in [1.54, 1.807) is 11.3 Å². The summed E-state index contributed by atoms with van der Waals surface area (Å²) in [5.74, 6) is 0.386. The van der Waals surface area contributed by atoms with E-state index in [1.807, 2.05) is 0 Å². The Bertz CT molecular complexity index is 445. The Morgan fingerprint density at radius 3 is 2.86 bits per heavy atom. The molecule has 1 aromatic heterocycles. The molecule has 0 bridgehead atoms. The predicted octanol–water partition coefficient (Wildman–Crippen LogP) is 2.64. The summed E-state index contributed by atoms with van der Waals surface area (Å²) in [5, 5.41) is 10.9. The van der Waals surface area contributed by atoms with E-state index in [-0.39, 0.29) is 17.9 Å². The number of carbonyl (C=O) groups is 1. The molecular weight excluding hydrogens is 294 g/mol. The van der Waals surface area contributed by atoms with Gasteiger partial charge in [0.25, 0.3) is 0 Å². The molecule has 5 heteroatoms. The first-order valence-electron chi connectivity index (χ1n) is 8.42. The van der Waals surface area contributed by atoms with Crippen molar-refractivity contribution in [3.63, 3.8) is 0 Å². The van der Waals surface area contributed by atoms with Crippen LogP contribution in [-0.2, 0) is 4.79 Å². The van der Waals surface area contributed by atoms with Gasteiger partial charge in [0.05, 0.1) is 6.04 Å². The molecule has 1 aliphatic heterocycles. The van der Waals surface area contributed by atoms with Gasteiger partial charge in [-0.15, -0.1) is 0 Å². The number of nitrogens with zero attached hydrogens (tertiary/aromatic N) is 1. The van der Waals surface area contributed by atoms with Gasteiger partial charge >= 0.3 is 0 Å². The second-order valence-electron chi connectivity index (χ2n) is 6.12. The van der Waals surface area contributed by atoms with Crippen molar-refractivity contribution in [2.75, 3.05) is 26.2 Å². The maximum Gasteiger partial charge on any atom is 0.223 e. The van der Waals surface area contributed by atoms with Gasteiger partial charge < -0.3 is 10.6 Å². The Kier molecular flexibility index (Phi) is 6.86. The Labute approximate surface area is 138 Å². The van der Waals surface area contributed by atoms with E-state index < -0.39 is 0 Å². The van der Waals surface area contributed by atoms with Crippen molar-refractivity contribution in [2.24, 2.45) is 5.92 Å². The monoisotopic (exact) mass is 323 g/mol. The fourth-order valence-electron chi connectivity index (χ4n) is 3.30. The molecule has 1 aliphatic rings. The fourth-order valence-corrected chi connectivity index (χ4v) is 4.01. The molecule has 0 saturated carbocycles. The summed E-state index contributed by atoms with van der Waals surface area (Å²) in [6.45, 7) is 10.2. The van der Waals surface area contributed by atoms with Crippen LogP contribution in [0.5, 0.6) is 0 Å². The highest BCUT2D eigenvalue weighted by molar-refractivity contribution is 7.07. The molecule has 1 unspecified atom stereocenters. The molecule has 2 heterocycles. The third-order valence-electron chi connectivity index (χ3n) is 4.65. The minimum atomic E-state index is 0.163. The van der Waals surface area contributed by atoms with E-state index in [9.17, 15) is 4.79 Å². The molecule has 4 nitrogen and oxygen atoms in total. The number of piperidine rings is 1. The smallest absolute Gasteiger partial charge is 0.223 e. The van der Waals surface area contributed by atoms with E-state index in [0.29, 0.717) is 12.6 Å². The van der Waals surface area contributed by atoms with Crippen LogP contribution in [0.4, 0.5) is 0 Å². The molecule has 1 fully saturated rings. The third-order valence-corrected chi connectivity index (χ3v) is 5.35. The van der Waals surface area contributed by atoms with Crippen molar-refractivity contribution in [1.82, 2.24) is 15.5 Å². The van der Waals surface area contributed by atoms with Crippen LogP contribution in [0.2, 0.25) is 0 Å². The Balaban J connectivity index is 1.94. The van der Waals surface area contributed by atoms with E-state index >= 15 is 0 Å². The highest BCUT2D eigenvalue weighted by atomic mass is 32.1. The summed E-state index contributed by atoms with van der Waals surface area (Å²) in [6, 6.07) is 2.90. The van der Waals surface area contributed by atoms with Gasteiger partial charge in [-0.1, -0.05) is 13.8 Å². The Morgan fingerprint density at radius 2 is 2.27 bits per heavy atom. The highest BCUT2D eigenvalue weighted by Crippen LogP contribution is 2.23. The maximum atomic E-state index is 12.5. The van der Waals surface area contributed by atoms with Crippen molar-refractivity contribution < 1.29 is 4.79 Å². The number of likely N-dealkylation sites (N-methyl/N-ethyl adjacent to an activating group) is 1. The molecule has 2 N–H and O–H groups in total. The minimum absolute atomic E-state index is 0.163. The van der Waals surface area contributed by atoms with Gasteiger partial charge in [0.15, 0.2) is 0 Å². The van der Waals surface area contributed by atoms with Crippen LogP contribution >= 0.6 is 11.3 Å². The number of rotatable bonds is 7. The normalized spacial score (nSPS) is 23.5. The first-order valence-corrected chi connectivity index (χ1v) is 9.37. The fraction of sp³-hybridized carbons (Fsp3) is 0.706. The molecule has 0 aromatic carbocycles. The molecule has 0 spiro atoms. The molecule has 1 saturated heterocycles. The zero-order valence-corrected chi connectivity index (χ0v) is 14.8. The lowest BCUT2D eigenvalue weighted by Crippen LogP contribution is -2.44. The molecule has 124 valence electrons. The number of nitrogens with one attached hydrogen (secondary N) is 2. The van der Waals surface area contributed by atoms with Gasteiger partial charge in [-0.05, 0) is 61.8 Å². The van der Waals surface area contributed by atoms with Crippen LogP contribution in [0.1, 0.15) is 45.2 Å². The molecule has 3 atom stereocenters. The van der Waals surface area contributed by atoms with Crippen molar-refractivity contribution in [3.8, 4) is 0 Å². The van der Waals surface area contributed by atoms with E-state index in [4.69, 9.17) is 0 Å². The van der Waals surface area contributed by atoms with Gasteiger partial charge in [0.2, 0.25) is 5.91 Å². The van der Waals surface area contributed by atoms with Crippen LogP contribution in [0, 0.1) is 5.92 Å². The summed E-state index contributed by atoms with van der Waals surface area (Å²) in [5.41, 5.74) is 1.31.